The van der Waals surface area contributed by atoms with Gasteiger partial charge in [0.25, 0.3) is 0 Å². The molecule has 0 aliphatic rings. The van der Waals surface area contributed by atoms with Crippen LogP contribution in [-0.4, -0.2) is 22.3 Å². The van der Waals surface area contributed by atoms with Crippen molar-refractivity contribution in [3.63, 3.8) is 0 Å². The zero-order valence-electron chi connectivity index (χ0n) is 12.5. The number of nitrogens with zero attached hydrogens (tertiary/aromatic N) is 1. The van der Waals surface area contributed by atoms with Gasteiger partial charge < -0.3 is 10.2 Å². The lowest BCUT2D eigenvalue weighted by molar-refractivity contribution is -0.120. The lowest BCUT2D eigenvalue weighted by Gasteiger charge is -2.04. The first kappa shape index (κ1) is 15.6. The van der Waals surface area contributed by atoms with Gasteiger partial charge in [-0.25, -0.2) is 5.43 Å². The topological polar surface area (TPSA) is 81.9 Å². The van der Waals surface area contributed by atoms with Crippen molar-refractivity contribution in [2.45, 2.75) is 20.3 Å². The van der Waals surface area contributed by atoms with Gasteiger partial charge in [-0.1, -0.05) is 18.2 Å². The Hall–Kier alpha value is -2.82. The normalized spacial score (nSPS) is 10.8. The Kier molecular flexibility index (Phi) is 4.78. The van der Waals surface area contributed by atoms with Crippen molar-refractivity contribution in [3.05, 3.63) is 58.7 Å². The van der Waals surface area contributed by atoms with E-state index in [9.17, 15) is 15.0 Å². The van der Waals surface area contributed by atoms with Gasteiger partial charge in [-0.15, -0.1) is 0 Å². The number of carbonyl (C=O) groups excluding carboxylic acids is 1. The van der Waals surface area contributed by atoms with Gasteiger partial charge in [0.2, 0.25) is 5.91 Å². The molecule has 0 radical (unpaired) electrons. The predicted octanol–water partition coefficient (Wildman–Crippen LogP) is 2.41. The molecule has 1 amide bonds. The van der Waals surface area contributed by atoms with E-state index >= 15 is 0 Å². The van der Waals surface area contributed by atoms with Crippen molar-refractivity contribution < 1.29 is 15.0 Å². The highest BCUT2D eigenvalue weighted by atomic mass is 16.3. The van der Waals surface area contributed by atoms with E-state index in [2.05, 4.69) is 10.5 Å². The second-order valence-corrected chi connectivity index (χ2v) is 5.13. The van der Waals surface area contributed by atoms with Crippen LogP contribution in [0.25, 0.3) is 0 Å². The van der Waals surface area contributed by atoms with Gasteiger partial charge in [0, 0.05) is 11.6 Å². The van der Waals surface area contributed by atoms with E-state index in [-0.39, 0.29) is 23.8 Å². The van der Waals surface area contributed by atoms with Crippen LogP contribution in [0.3, 0.4) is 0 Å². The molecule has 2 rings (SSSR count). The molecule has 0 saturated heterocycles. The summed E-state index contributed by atoms with van der Waals surface area (Å²) in [6, 6.07) is 10.0. The summed E-state index contributed by atoms with van der Waals surface area (Å²) in [7, 11) is 0. The van der Waals surface area contributed by atoms with E-state index in [1.807, 2.05) is 32.0 Å². The summed E-state index contributed by atoms with van der Waals surface area (Å²) in [6.07, 6.45) is 1.56. The first-order valence-electron chi connectivity index (χ1n) is 6.85. The second-order valence-electron chi connectivity index (χ2n) is 5.13. The summed E-state index contributed by atoms with van der Waals surface area (Å²) in [5.74, 6) is -0.377. The van der Waals surface area contributed by atoms with Crippen LogP contribution in [0.4, 0.5) is 0 Å². The van der Waals surface area contributed by atoms with Crippen LogP contribution in [0.2, 0.25) is 0 Å². The van der Waals surface area contributed by atoms with E-state index in [4.69, 9.17) is 0 Å². The largest absolute Gasteiger partial charge is 0.508 e. The second kappa shape index (κ2) is 6.76. The Morgan fingerprint density at radius 2 is 1.91 bits per heavy atom. The third kappa shape index (κ3) is 4.09. The highest BCUT2D eigenvalue weighted by molar-refractivity contribution is 5.85. The number of hydrogen-bond acceptors (Lipinski definition) is 4. The fraction of sp³-hybridized carbons (Fsp3) is 0.176. The quantitative estimate of drug-likeness (QED) is 0.599. The molecular weight excluding hydrogens is 280 g/mol. The zero-order chi connectivity index (χ0) is 16.1. The van der Waals surface area contributed by atoms with E-state index in [0.717, 1.165) is 11.1 Å². The van der Waals surface area contributed by atoms with Crippen molar-refractivity contribution in [1.82, 2.24) is 5.43 Å². The molecule has 2 aromatic rings. The minimum atomic E-state index is -0.238. The van der Waals surface area contributed by atoms with Crippen LogP contribution in [-0.2, 0) is 11.2 Å². The molecule has 0 bridgehead atoms. The Morgan fingerprint density at radius 1 is 1.14 bits per heavy atom. The molecule has 0 heterocycles. The number of carbonyl (C=O) groups is 1. The lowest BCUT2D eigenvalue weighted by Crippen LogP contribution is -2.19. The lowest BCUT2D eigenvalue weighted by atomic mass is 10.0. The molecule has 0 saturated carbocycles. The number of benzene rings is 2. The van der Waals surface area contributed by atoms with Crippen molar-refractivity contribution in [2.24, 2.45) is 5.10 Å². The van der Waals surface area contributed by atoms with Crippen LogP contribution < -0.4 is 5.43 Å². The highest BCUT2D eigenvalue weighted by Crippen LogP contribution is 2.20. The van der Waals surface area contributed by atoms with E-state index < -0.39 is 0 Å². The maximum Gasteiger partial charge on any atom is 0.244 e. The van der Waals surface area contributed by atoms with Crippen LogP contribution in [0.15, 0.2) is 41.5 Å². The standard InChI is InChI=1S/C17H18N2O3/c1-11-3-4-13(7-12(11)2)8-17(22)19-18-10-14-5-6-15(20)9-16(14)21/h3-7,9-10,20-21H,8H2,1-2H3,(H,19,22)/b18-10+. The molecule has 0 aromatic heterocycles. The number of amides is 1. The van der Waals surface area contributed by atoms with Crippen LogP contribution in [0.5, 0.6) is 11.5 Å². The number of phenols is 2. The number of aryl methyl sites for hydroxylation is 2. The molecule has 3 N–H and O–H groups in total. The van der Waals surface area contributed by atoms with Gasteiger partial charge in [0.15, 0.2) is 0 Å². The Morgan fingerprint density at radius 3 is 2.59 bits per heavy atom. The van der Waals surface area contributed by atoms with Gasteiger partial charge in [0.05, 0.1) is 12.6 Å². The number of aromatic hydroxyl groups is 2. The monoisotopic (exact) mass is 298 g/mol. The smallest absolute Gasteiger partial charge is 0.244 e. The summed E-state index contributed by atoms with van der Waals surface area (Å²) in [6.45, 7) is 4.02. The SMILES string of the molecule is Cc1ccc(CC(=O)N/N=C/c2ccc(O)cc2O)cc1C. The zero-order valence-corrected chi connectivity index (χ0v) is 12.5. The highest BCUT2D eigenvalue weighted by Gasteiger charge is 2.04. The van der Waals surface area contributed by atoms with Gasteiger partial charge in [-0.3, -0.25) is 4.79 Å². The van der Waals surface area contributed by atoms with Crippen LogP contribution in [0.1, 0.15) is 22.3 Å². The van der Waals surface area contributed by atoms with Gasteiger partial charge in [0.1, 0.15) is 11.5 Å². The maximum atomic E-state index is 11.8. The molecular formula is C17H18N2O3. The maximum absolute atomic E-state index is 11.8. The first-order chi connectivity index (χ1) is 10.5. The van der Waals surface area contributed by atoms with E-state index in [1.165, 1.54) is 30.0 Å². The van der Waals surface area contributed by atoms with Crippen molar-refractivity contribution >= 4 is 12.1 Å². The molecule has 0 aliphatic heterocycles. The van der Waals surface area contributed by atoms with Crippen molar-refractivity contribution in [3.8, 4) is 11.5 Å². The Bertz CT molecular complexity index is 724. The summed E-state index contributed by atoms with van der Waals surface area (Å²) < 4.78 is 0. The molecule has 5 heteroatoms. The molecule has 0 aliphatic carbocycles. The molecule has 5 nitrogen and oxygen atoms in total. The molecule has 0 unspecified atom stereocenters. The molecule has 0 spiro atoms. The molecule has 114 valence electrons. The number of rotatable bonds is 4. The van der Waals surface area contributed by atoms with E-state index in [1.54, 1.807) is 0 Å². The summed E-state index contributed by atoms with van der Waals surface area (Å²) in [5.41, 5.74) is 6.07. The van der Waals surface area contributed by atoms with Gasteiger partial charge in [-0.2, -0.15) is 5.10 Å². The Balaban J connectivity index is 1.94. The number of nitrogens with one attached hydrogen (secondary N) is 1. The summed E-state index contributed by atoms with van der Waals surface area (Å²) in [4.78, 5) is 11.8. The third-order valence-electron chi connectivity index (χ3n) is 3.34. The Labute approximate surface area is 128 Å². The first-order valence-corrected chi connectivity index (χ1v) is 6.85. The minimum Gasteiger partial charge on any atom is -0.508 e. The minimum absolute atomic E-state index is 0.0339. The number of hydrazone groups is 1. The third-order valence-corrected chi connectivity index (χ3v) is 3.34. The van der Waals surface area contributed by atoms with E-state index in [0.29, 0.717) is 5.56 Å². The summed E-state index contributed by atoms with van der Waals surface area (Å²) in [5, 5.41) is 22.6. The average molecular weight is 298 g/mol. The molecule has 22 heavy (non-hydrogen) atoms. The average Bonchev–Trinajstić information content (AvgIpc) is 2.45. The fourth-order valence-electron chi connectivity index (χ4n) is 1.95. The van der Waals surface area contributed by atoms with Crippen LogP contribution in [0, 0.1) is 13.8 Å². The predicted molar refractivity (Wildman–Crippen MR) is 85.1 cm³/mol. The van der Waals surface area contributed by atoms with Crippen LogP contribution >= 0.6 is 0 Å². The molecule has 2 aromatic carbocycles. The molecule has 0 fully saturated rings. The van der Waals surface area contributed by atoms with Gasteiger partial charge >= 0.3 is 0 Å². The summed E-state index contributed by atoms with van der Waals surface area (Å²) >= 11 is 0. The van der Waals surface area contributed by atoms with Crippen molar-refractivity contribution in [1.29, 1.82) is 0 Å². The van der Waals surface area contributed by atoms with Crippen molar-refractivity contribution in [2.75, 3.05) is 0 Å². The fourth-order valence-corrected chi connectivity index (χ4v) is 1.95. The number of hydrogen-bond donors (Lipinski definition) is 3. The number of phenolic OH excluding ortho intramolecular Hbond substituents is 2. The van der Waals surface area contributed by atoms with Gasteiger partial charge in [-0.05, 0) is 42.7 Å². The molecule has 0 atom stereocenters.